The maximum Gasteiger partial charge on any atom is 0.246 e. The van der Waals surface area contributed by atoms with Gasteiger partial charge in [0.25, 0.3) is 0 Å². The number of nitrogens with zero attached hydrogens (tertiary/aromatic N) is 1. The molecule has 1 rings (SSSR count). The molecular formula is C10H17N3O2. The molecule has 1 heterocycles. The second kappa shape index (κ2) is 7.03. The smallest absolute Gasteiger partial charge is 0.246 e. The molecule has 84 valence electrons. The zero-order valence-electron chi connectivity index (χ0n) is 8.69. The maximum absolute atomic E-state index is 11.2. The summed E-state index contributed by atoms with van der Waals surface area (Å²) in [5.74, 6) is -0.101. The van der Waals surface area contributed by atoms with Crippen molar-refractivity contribution in [1.29, 1.82) is 0 Å². The monoisotopic (exact) mass is 211 g/mol. The minimum atomic E-state index is -0.101. The van der Waals surface area contributed by atoms with Crippen molar-refractivity contribution in [2.75, 3.05) is 26.3 Å². The predicted molar refractivity (Wildman–Crippen MR) is 57.3 cm³/mol. The molecule has 0 unspecified atom stereocenters. The number of ether oxygens (including phenoxy) is 1. The molecule has 15 heavy (non-hydrogen) atoms. The molecule has 0 saturated carbocycles. The summed E-state index contributed by atoms with van der Waals surface area (Å²) in [6.45, 7) is 2.33. The highest BCUT2D eigenvalue weighted by Gasteiger charge is 1.99. The second-order valence-electron chi connectivity index (χ2n) is 3.11. The van der Waals surface area contributed by atoms with E-state index in [1.807, 2.05) is 29.1 Å². The lowest BCUT2D eigenvalue weighted by Crippen LogP contribution is -2.31. The van der Waals surface area contributed by atoms with Crippen LogP contribution in [0, 0.1) is 0 Å². The predicted octanol–water partition coefficient (Wildman–Crippen LogP) is -0.420. The van der Waals surface area contributed by atoms with Gasteiger partial charge in [0.05, 0.1) is 6.61 Å². The minimum Gasteiger partial charge on any atom is -0.370 e. The van der Waals surface area contributed by atoms with Gasteiger partial charge in [-0.2, -0.15) is 0 Å². The summed E-state index contributed by atoms with van der Waals surface area (Å²) in [4.78, 5) is 11.2. The van der Waals surface area contributed by atoms with Gasteiger partial charge in [0.15, 0.2) is 0 Å². The topological polar surface area (TPSA) is 69.3 Å². The molecule has 0 aliphatic carbocycles. The molecule has 1 aromatic rings. The van der Waals surface area contributed by atoms with E-state index in [1.165, 1.54) is 0 Å². The van der Waals surface area contributed by atoms with E-state index >= 15 is 0 Å². The normalized spacial score (nSPS) is 10.2. The zero-order chi connectivity index (χ0) is 10.9. The SMILES string of the molecule is NCCOCC(=O)NCCn1cccc1. The third-order valence-corrected chi connectivity index (χ3v) is 1.85. The van der Waals surface area contributed by atoms with Gasteiger partial charge in [0.1, 0.15) is 6.61 Å². The molecule has 3 N–H and O–H groups in total. The number of amides is 1. The average molecular weight is 211 g/mol. The van der Waals surface area contributed by atoms with Crippen molar-refractivity contribution in [3.8, 4) is 0 Å². The van der Waals surface area contributed by atoms with Crippen LogP contribution in [0.2, 0.25) is 0 Å². The summed E-state index contributed by atoms with van der Waals surface area (Å²) in [7, 11) is 0. The fraction of sp³-hybridized carbons (Fsp3) is 0.500. The van der Waals surface area contributed by atoms with E-state index in [2.05, 4.69) is 5.32 Å². The summed E-state index contributed by atoms with van der Waals surface area (Å²) in [5.41, 5.74) is 5.22. The van der Waals surface area contributed by atoms with Crippen LogP contribution in [0.5, 0.6) is 0 Å². The zero-order valence-corrected chi connectivity index (χ0v) is 8.69. The van der Waals surface area contributed by atoms with E-state index in [1.54, 1.807) is 0 Å². The molecule has 5 nitrogen and oxygen atoms in total. The molecule has 1 amide bonds. The number of aromatic nitrogens is 1. The molecular weight excluding hydrogens is 194 g/mol. The standard InChI is InChI=1S/C10H17N3O2/c11-3-8-15-9-10(14)12-4-7-13-5-1-2-6-13/h1-2,5-6H,3-4,7-9,11H2,(H,12,14). The fourth-order valence-corrected chi connectivity index (χ4v) is 1.14. The first-order chi connectivity index (χ1) is 7.33. The number of hydrogen-bond acceptors (Lipinski definition) is 3. The second-order valence-corrected chi connectivity index (χ2v) is 3.11. The highest BCUT2D eigenvalue weighted by Crippen LogP contribution is 1.87. The highest BCUT2D eigenvalue weighted by molar-refractivity contribution is 5.77. The van der Waals surface area contributed by atoms with Gasteiger partial charge in [-0.1, -0.05) is 0 Å². The van der Waals surface area contributed by atoms with E-state index in [0.717, 1.165) is 6.54 Å². The van der Waals surface area contributed by atoms with E-state index in [9.17, 15) is 4.79 Å². The van der Waals surface area contributed by atoms with Crippen molar-refractivity contribution in [1.82, 2.24) is 9.88 Å². The van der Waals surface area contributed by atoms with Crippen molar-refractivity contribution >= 4 is 5.91 Å². The third-order valence-electron chi connectivity index (χ3n) is 1.85. The number of nitrogens with one attached hydrogen (secondary N) is 1. The summed E-state index contributed by atoms with van der Waals surface area (Å²) < 4.78 is 6.99. The van der Waals surface area contributed by atoms with Crippen molar-refractivity contribution in [2.24, 2.45) is 5.73 Å². The minimum absolute atomic E-state index is 0.0862. The van der Waals surface area contributed by atoms with Crippen molar-refractivity contribution in [2.45, 2.75) is 6.54 Å². The third kappa shape index (κ3) is 5.19. The highest BCUT2D eigenvalue weighted by atomic mass is 16.5. The average Bonchev–Trinajstić information content (AvgIpc) is 2.71. The molecule has 0 saturated heterocycles. The van der Waals surface area contributed by atoms with E-state index in [0.29, 0.717) is 19.7 Å². The van der Waals surface area contributed by atoms with Gasteiger partial charge >= 0.3 is 0 Å². The Morgan fingerprint density at radius 3 is 2.80 bits per heavy atom. The molecule has 0 spiro atoms. The van der Waals surface area contributed by atoms with Gasteiger partial charge in [0.2, 0.25) is 5.91 Å². The summed E-state index contributed by atoms with van der Waals surface area (Å²) in [6.07, 6.45) is 3.91. The Kier molecular flexibility index (Phi) is 5.50. The van der Waals surface area contributed by atoms with E-state index in [-0.39, 0.29) is 12.5 Å². The summed E-state index contributed by atoms with van der Waals surface area (Å²) in [6, 6.07) is 3.90. The Labute approximate surface area is 89.2 Å². The van der Waals surface area contributed by atoms with Gasteiger partial charge in [-0.05, 0) is 12.1 Å². The molecule has 0 radical (unpaired) electrons. The molecule has 0 fully saturated rings. The van der Waals surface area contributed by atoms with Crippen molar-refractivity contribution in [3.63, 3.8) is 0 Å². The van der Waals surface area contributed by atoms with Crippen LogP contribution < -0.4 is 11.1 Å². The van der Waals surface area contributed by atoms with Crippen LogP contribution >= 0.6 is 0 Å². The summed E-state index contributed by atoms with van der Waals surface area (Å²) in [5, 5.41) is 2.75. The molecule has 0 aromatic carbocycles. The van der Waals surface area contributed by atoms with Crippen LogP contribution in [0.4, 0.5) is 0 Å². The van der Waals surface area contributed by atoms with Crippen LogP contribution in [-0.4, -0.2) is 36.8 Å². The lowest BCUT2D eigenvalue weighted by molar-refractivity contribution is -0.125. The molecule has 5 heteroatoms. The van der Waals surface area contributed by atoms with E-state index in [4.69, 9.17) is 10.5 Å². The lowest BCUT2D eigenvalue weighted by atomic mass is 10.5. The van der Waals surface area contributed by atoms with Gasteiger partial charge in [-0.15, -0.1) is 0 Å². The molecule has 1 aromatic heterocycles. The Morgan fingerprint density at radius 1 is 1.40 bits per heavy atom. The molecule has 0 aliphatic rings. The van der Waals surface area contributed by atoms with Crippen LogP contribution in [0.1, 0.15) is 0 Å². The van der Waals surface area contributed by atoms with Crippen molar-refractivity contribution < 1.29 is 9.53 Å². The summed E-state index contributed by atoms with van der Waals surface area (Å²) >= 11 is 0. The van der Waals surface area contributed by atoms with Crippen LogP contribution in [-0.2, 0) is 16.1 Å². The first-order valence-electron chi connectivity index (χ1n) is 4.98. The van der Waals surface area contributed by atoms with Crippen LogP contribution in [0.25, 0.3) is 0 Å². The number of rotatable bonds is 7. The molecule has 0 atom stereocenters. The largest absolute Gasteiger partial charge is 0.370 e. The number of carbonyl (C=O) groups is 1. The first kappa shape index (κ1) is 11.7. The molecule has 0 bridgehead atoms. The lowest BCUT2D eigenvalue weighted by Gasteiger charge is -2.06. The fourth-order valence-electron chi connectivity index (χ4n) is 1.14. The Bertz CT molecular complexity index is 272. The van der Waals surface area contributed by atoms with Crippen LogP contribution in [0.3, 0.4) is 0 Å². The van der Waals surface area contributed by atoms with Crippen LogP contribution in [0.15, 0.2) is 24.5 Å². The Morgan fingerprint density at radius 2 is 2.13 bits per heavy atom. The quantitative estimate of drug-likeness (QED) is 0.602. The first-order valence-corrected chi connectivity index (χ1v) is 4.98. The van der Waals surface area contributed by atoms with Gasteiger partial charge in [-0.3, -0.25) is 4.79 Å². The van der Waals surface area contributed by atoms with Gasteiger partial charge < -0.3 is 20.4 Å². The number of carbonyl (C=O) groups excluding carboxylic acids is 1. The molecule has 0 aliphatic heterocycles. The maximum atomic E-state index is 11.2. The van der Waals surface area contributed by atoms with E-state index < -0.39 is 0 Å². The van der Waals surface area contributed by atoms with Gasteiger partial charge in [-0.25, -0.2) is 0 Å². The number of hydrogen-bond donors (Lipinski definition) is 2. The Hall–Kier alpha value is -1.33. The Balaban J connectivity index is 2.02. The van der Waals surface area contributed by atoms with Crippen molar-refractivity contribution in [3.05, 3.63) is 24.5 Å². The number of nitrogens with two attached hydrogens (primary N) is 1. The van der Waals surface area contributed by atoms with Gasteiger partial charge in [0, 0.05) is 32.0 Å².